The lowest BCUT2D eigenvalue weighted by molar-refractivity contribution is -0.387. The molecule has 0 aliphatic carbocycles. The summed E-state index contributed by atoms with van der Waals surface area (Å²) >= 11 is 0. The lowest BCUT2D eigenvalue weighted by atomic mass is 9.71. The zero-order valence-electron chi connectivity index (χ0n) is 58.3. The molecule has 0 bridgehead atoms. The predicted octanol–water partition coefficient (Wildman–Crippen LogP) is 11.4. The highest BCUT2D eigenvalue weighted by Crippen LogP contribution is 2.46. The molecular formula is C74H105F3N16O4. The van der Waals surface area contributed by atoms with Crippen LogP contribution in [0.25, 0.3) is 16.9 Å². The van der Waals surface area contributed by atoms with E-state index < -0.39 is 27.8 Å². The van der Waals surface area contributed by atoms with Gasteiger partial charge in [-0.15, -0.1) is 6.58 Å². The third-order valence-corrected chi connectivity index (χ3v) is 23.3. The van der Waals surface area contributed by atoms with Crippen LogP contribution in [0.2, 0.25) is 0 Å². The van der Waals surface area contributed by atoms with Crippen LogP contribution in [0.4, 0.5) is 53.2 Å². The van der Waals surface area contributed by atoms with E-state index in [-0.39, 0.29) is 40.6 Å². The molecule has 20 nitrogen and oxygen atoms in total. The van der Waals surface area contributed by atoms with E-state index in [1.807, 2.05) is 12.1 Å². The Morgan fingerprint density at radius 2 is 1.03 bits per heavy atom. The monoisotopic (exact) mass is 1340 g/mol. The minimum atomic E-state index is -1.18. The van der Waals surface area contributed by atoms with Crippen LogP contribution >= 0.6 is 0 Å². The molecule has 14 rings (SSSR count). The number of nitrogen functional groups attached to an aromatic ring is 1. The number of hydrogen-bond acceptors (Lipinski definition) is 17. The summed E-state index contributed by atoms with van der Waals surface area (Å²) in [6, 6.07) is 19.8. The second-order valence-corrected chi connectivity index (χ2v) is 30.2. The first-order chi connectivity index (χ1) is 46.4. The van der Waals surface area contributed by atoms with E-state index in [0.717, 1.165) is 114 Å². The van der Waals surface area contributed by atoms with Crippen molar-refractivity contribution in [1.29, 1.82) is 0 Å². The van der Waals surface area contributed by atoms with Crippen LogP contribution in [0.1, 0.15) is 122 Å². The van der Waals surface area contributed by atoms with Crippen molar-refractivity contribution in [2.45, 2.75) is 129 Å². The topological polar surface area (TPSA) is 202 Å². The molecule has 3 aromatic carbocycles. The Kier molecular flexibility index (Phi) is 22.4. The molecular weight excluding hydrogens is 1230 g/mol. The molecule has 8 fully saturated rings. The van der Waals surface area contributed by atoms with Gasteiger partial charge >= 0.3 is 5.69 Å². The molecule has 8 saturated heterocycles. The zero-order valence-corrected chi connectivity index (χ0v) is 58.3. The number of rotatable bonds is 10. The van der Waals surface area contributed by atoms with Gasteiger partial charge in [-0.3, -0.25) is 14.9 Å². The van der Waals surface area contributed by atoms with Gasteiger partial charge in [0.1, 0.15) is 22.6 Å². The maximum atomic E-state index is 15.4. The first-order valence-electron chi connectivity index (χ1n) is 35.5. The number of aromatic nitrogens is 5. The molecule has 0 saturated carbocycles. The highest BCUT2D eigenvalue weighted by molar-refractivity contribution is 5.77. The SMILES string of the molecule is C=CCn1c(=O)c2cnc(Nc3ccc(N4CCC5(CCN(C)CC5)CC4)cc3F)nc2n1-c1cccc(C(C)(C)O)n1.CN1CCC2(CC1)CCN(c1ccc(N)c(F)c1)CC2.CN1CCC2(CC1)CCN(c1ccc([N+](=O)[O-])c(F)c1)CC2.CN1CCC2(CCNCC2)CC1. The van der Waals surface area contributed by atoms with Gasteiger partial charge in [-0.2, -0.15) is 9.37 Å². The number of likely N-dealkylation sites (tertiary alicyclic amines) is 4. The molecule has 3 aromatic heterocycles. The Hall–Kier alpha value is -7.15. The molecule has 526 valence electrons. The average molecular weight is 1340 g/mol. The first kappa shape index (κ1) is 71.1. The fourth-order valence-electron chi connectivity index (χ4n) is 16.0. The number of nitrogens with one attached hydrogen (secondary N) is 2. The standard InChI is InChI=1S/C32H39FN8O2.C16H22FN3O2.C16H24FN3.C10H20N2/c1-5-15-40-29(42)23-21-34-30(37-28(23)41(40)27-8-6-7-26(36-27)31(2,3)43)35-25-10-9-22(20-24(25)33)39-18-13-32(14-19-39)11-16-38(4)17-12-32;1-18-8-4-16(5-9-18)6-10-19(11-7-16)13-2-3-15(20(21)22)14(17)12-13;1-19-8-4-16(5-9-19)6-10-20(11-7-16)13-2-3-15(18)14(17)12-13;1-12-8-4-10(5-9-12)2-6-11-7-3-10/h5-10,20-21,43H,1,11-19H2,2-4H3,(H,34,35,37);2-3,12H,4-11H2,1H3;2-3,12H,4-11,18H2,1H3;11H,2-9H2,1H3. The normalized spacial score (nSPS) is 21.3. The third kappa shape index (κ3) is 17.1. The van der Waals surface area contributed by atoms with Crippen molar-refractivity contribution >= 4 is 51.1 Å². The maximum Gasteiger partial charge on any atom is 0.304 e. The van der Waals surface area contributed by atoms with Crippen LogP contribution in [0, 0.1) is 49.2 Å². The van der Waals surface area contributed by atoms with Crippen LogP contribution in [-0.4, -0.2) is 187 Å². The van der Waals surface area contributed by atoms with E-state index in [0.29, 0.717) is 33.4 Å². The number of anilines is 6. The molecule has 97 heavy (non-hydrogen) atoms. The number of pyridine rings is 1. The third-order valence-electron chi connectivity index (χ3n) is 23.3. The Bertz CT molecular complexity index is 3690. The van der Waals surface area contributed by atoms with E-state index in [9.17, 15) is 28.8 Å². The van der Waals surface area contributed by atoms with Crippen LogP contribution in [0.15, 0.2) is 96.4 Å². The minimum absolute atomic E-state index is 0.143. The van der Waals surface area contributed by atoms with Gasteiger partial charge in [0.05, 0.1) is 28.5 Å². The summed E-state index contributed by atoms with van der Waals surface area (Å²) in [7, 11) is 8.81. The van der Waals surface area contributed by atoms with Crippen molar-refractivity contribution in [3.63, 3.8) is 0 Å². The highest BCUT2D eigenvalue weighted by Gasteiger charge is 2.40. The number of aliphatic hydroxyl groups is 1. The molecule has 0 unspecified atom stereocenters. The Morgan fingerprint density at radius 3 is 1.45 bits per heavy atom. The molecule has 0 atom stereocenters. The van der Waals surface area contributed by atoms with Crippen molar-refractivity contribution < 1.29 is 23.2 Å². The number of nitro groups is 1. The fourth-order valence-corrected chi connectivity index (χ4v) is 16.0. The molecule has 8 aliphatic heterocycles. The van der Waals surface area contributed by atoms with Crippen LogP contribution in [0.3, 0.4) is 0 Å². The number of piperidine rings is 8. The summed E-state index contributed by atoms with van der Waals surface area (Å²) in [5.41, 5.74) is 9.56. The van der Waals surface area contributed by atoms with Gasteiger partial charge in [-0.25, -0.2) is 28.1 Å². The molecule has 5 N–H and O–H groups in total. The van der Waals surface area contributed by atoms with Gasteiger partial charge in [-0.1, -0.05) is 12.1 Å². The van der Waals surface area contributed by atoms with Crippen LogP contribution < -0.4 is 36.6 Å². The lowest BCUT2D eigenvalue weighted by Gasteiger charge is -2.46. The molecule has 6 aromatic rings. The second kappa shape index (κ2) is 30.5. The second-order valence-electron chi connectivity index (χ2n) is 30.2. The zero-order chi connectivity index (χ0) is 68.7. The molecule has 0 amide bonds. The summed E-state index contributed by atoms with van der Waals surface area (Å²) in [6.07, 6.45) is 23.3. The molecule has 4 spiro atoms. The Balaban J connectivity index is 0.000000147. The van der Waals surface area contributed by atoms with E-state index in [4.69, 9.17) is 5.73 Å². The van der Waals surface area contributed by atoms with Gasteiger partial charge in [-0.05, 0) is 286 Å². The smallest absolute Gasteiger partial charge is 0.304 e. The Morgan fingerprint density at radius 1 is 0.608 bits per heavy atom. The largest absolute Gasteiger partial charge is 0.396 e. The van der Waals surface area contributed by atoms with E-state index in [1.165, 1.54) is 139 Å². The Labute approximate surface area is 571 Å². The van der Waals surface area contributed by atoms with E-state index >= 15 is 4.39 Å². The number of fused-ring (bicyclic) bond motifs is 1. The average Bonchev–Trinajstić information content (AvgIpc) is 1.63. The van der Waals surface area contributed by atoms with Gasteiger partial charge in [0.25, 0.3) is 5.56 Å². The maximum absolute atomic E-state index is 15.4. The molecule has 23 heteroatoms. The van der Waals surface area contributed by atoms with Gasteiger partial charge in [0, 0.05) is 74.7 Å². The molecule has 0 radical (unpaired) electrons. The van der Waals surface area contributed by atoms with E-state index in [2.05, 4.69) is 94.7 Å². The summed E-state index contributed by atoms with van der Waals surface area (Å²) in [5, 5.41) is 27.9. The van der Waals surface area contributed by atoms with Crippen molar-refractivity contribution in [2.75, 3.05) is 159 Å². The van der Waals surface area contributed by atoms with Crippen molar-refractivity contribution in [3.8, 4) is 5.82 Å². The number of halogens is 3. The summed E-state index contributed by atoms with van der Waals surface area (Å²) in [6.45, 7) is 25.2. The first-order valence-corrected chi connectivity index (χ1v) is 35.5. The van der Waals surface area contributed by atoms with E-state index in [1.54, 1.807) is 73.1 Å². The number of nitrogens with zero attached hydrogens (tertiary/aromatic N) is 13. The molecule has 8 aliphatic rings. The van der Waals surface area contributed by atoms with Gasteiger partial charge in [0.15, 0.2) is 11.5 Å². The van der Waals surface area contributed by atoms with Gasteiger partial charge in [0.2, 0.25) is 11.8 Å². The number of nitrogens with two attached hydrogens (primary N) is 1. The number of benzene rings is 3. The fraction of sp³-hybridized carbons (Fsp3) is 0.595. The summed E-state index contributed by atoms with van der Waals surface area (Å²) in [4.78, 5) is 53.2. The highest BCUT2D eigenvalue weighted by atomic mass is 19.1. The minimum Gasteiger partial charge on any atom is -0.396 e. The predicted molar refractivity (Wildman–Crippen MR) is 383 cm³/mol. The quantitative estimate of drug-likeness (QED) is 0.0436. The summed E-state index contributed by atoms with van der Waals surface area (Å²) < 4.78 is 45.8. The van der Waals surface area contributed by atoms with Crippen LogP contribution in [-0.2, 0) is 12.1 Å². The van der Waals surface area contributed by atoms with Crippen molar-refractivity contribution in [2.24, 2.45) is 21.7 Å². The van der Waals surface area contributed by atoms with Crippen molar-refractivity contribution in [1.82, 2.24) is 49.2 Å². The summed E-state index contributed by atoms with van der Waals surface area (Å²) in [5.74, 6) is -0.909. The van der Waals surface area contributed by atoms with Gasteiger partial charge < -0.3 is 55.8 Å². The lowest BCUT2D eigenvalue weighted by Crippen LogP contribution is -2.46. The van der Waals surface area contributed by atoms with Crippen LogP contribution in [0.5, 0.6) is 0 Å². The van der Waals surface area contributed by atoms with Crippen molar-refractivity contribution in [3.05, 3.63) is 135 Å². The number of allylic oxidation sites excluding steroid dienone is 1. The number of nitro benzene ring substituents is 1. The number of hydrogen-bond donors (Lipinski definition) is 4. The molecule has 11 heterocycles.